The van der Waals surface area contributed by atoms with Gasteiger partial charge in [-0.2, -0.15) is 0 Å². The number of amides is 2. The molecule has 1 unspecified atom stereocenters. The van der Waals surface area contributed by atoms with Crippen LogP contribution in [0.4, 0.5) is 0 Å². The summed E-state index contributed by atoms with van der Waals surface area (Å²) in [5.41, 5.74) is 1.63. The van der Waals surface area contributed by atoms with Crippen LogP contribution in [0.2, 0.25) is 0 Å². The molecule has 1 spiro atoms. The fourth-order valence-electron chi connectivity index (χ4n) is 4.70. The molecule has 0 bridgehead atoms. The number of hydrogen-bond donors (Lipinski definition) is 1. The van der Waals surface area contributed by atoms with Crippen LogP contribution in [0, 0.1) is 12.8 Å². The molecule has 2 aromatic rings. The molecule has 0 saturated carbocycles. The first-order valence-corrected chi connectivity index (χ1v) is 11.2. The summed E-state index contributed by atoms with van der Waals surface area (Å²) in [6.45, 7) is 8.01. The van der Waals surface area contributed by atoms with Gasteiger partial charge in [-0.25, -0.2) is 0 Å². The number of benzene rings is 1. The van der Waals surface area contributed by atoms with Crippen LogP contribution in [0.1, 0.15) is 67.1 Å². The molecule has 4 rings (SSSR count). The summed E-state index contributed by atoms with van der Waals surface area (Å²) in [4.78, 5) is 27.3. The molecule has 2 aliphatic rings. The molecule has 1 fully saturated rings. The first-order valence-electron chi connectivity index (χ1n) is 11.2. The van der Waals surface area contributed by atoms with E-state index in [1.54, 1.807) is 6.26 Å². The summed E-state index contributed by atoms with van der Waals surface area (Å²) in [5.74, 6) is 1.87. The normalized spacial score (nSPS) is 19.7. The van der Waals surface area contributed by atoms with Crippen LogP contribution >= 0.6 is 0 Å². The van der Waals surface area contributed by atoms with E-state index in [4.69, 9.17) is 9.15 Å². The Morgan fingerprint density at radius 3 is 2.61 bits per heavy atom. The van der Waals surface area contributed by atoms with Crippen molar-refractivity contribution in [2.24, 2.45) is 5.92 Å². The largest absolute Gasteiger partial charge is 0.487 e. The molecule has 1 aromatic heterocycles. The minimum absolute atomic E-state index is 0.0572. The van der Waals surface area contributed by atoms with Gasteiger partial charge in [0.25, 0.3) is 5.91 Å². The molecule has 6 nitrogen and oxygen atoms in total. The number of hydrogen-bond acceptors (Lipinski definition) is 4. The number of carbonyl (C=O) groups is 2. The average Bonchev–Trinajstić information content (AvgIpc) is 3.18. The summed E-state index contributed by atoms with van der Waals surface area (Å²) < 4.78 is 11.9. The van der Waals surface area contributed by atoms with Crippen molar-refractivity contribution in [1.29, 1.82) is 0 Å². The summed E-state index contributed by atoms with van der Waals surface area (Å²) in [6.07, 6.45) is 4.31. The molecule has 1 aromatic carbocycles. The summed E-state index contributed by atoms with van der Waals surface area (Å²) in [7, 11) is 0. The van der Waals surface area contributed by atoms with E-state index < -0.39 is 0 Å². The number of nitrogens with one attached hydrogen (secondary N) is 1. The topological polar surface area (TPSA) is 71.8 Å². The number of fused-ring (bicyclic) bond motifs is 1. The third-order valence-corrected chi connectivity index (χ3v) is 6.46. The van der Waals surface area contributed by atoms with Gasteiger partial charge < -0.3 is 19.4 Å². The minimum atomic E-state index is -0.341. The van der Waals surface area contributed by atoms with E-state index in [0.717, 1.165) is 36.1 Å². The Hall–Kier alpha value is -2.76. The van der Waals surface area contributed by atoms with Gasteiger partial charge in [0, 0.05) is 50.4 Å². The number of ether oxygens (including phenoxy) is 1. The Kier molecular flexibility index (Phi) is 6.08. The molecule has 2 aliphatic heterocycles. The maximum atomic E-state index is 12.8. The van der Waals surface area contributed by atoms with Crippen molar-refractivity contribution in [2.45, 2.75) is 58.0 Å². The van der Waals surface area contributed by atoms with E-state index in [2.05, 4.69) is 25.2 Å². The number of furan rings is 1. The van der Waals surface area contributed by atoms with Crippen LogP contribution in [0.3, 0.4) is 0 Å². The highest BCUT2D eigenvalue weighted by molar-refractivity contribution is 5.92. The lowest BCUT2D eigenvalue weighted by Crippen LogP contribution is -2.52. The Morgan fingerprint density at radius 2 is 1.94 bits per heavy atom. The predicted octanol–water partition coefficient (Wildman–Crippen LogP) is 4.29. The van der Waals surface area contributed by atoms with Gasteiger partial charge in [0.15, 0.2) is 5.76 Å². The van der Waals surface area contributed by atoms with Gasteiger partial charge in [-0.15, -0.1) is 0 Å². The third-order valence-electron chi connectivity index (χ3n) is 6.46. The molecule has 2 amide bonds. The summed E-state index contributed by atoms with van der Waals surface area (Å²) in [5, 5.41) is 3.05. The van der Waals surface area contributed by atoms with Gasteiger partial charge >= 0.3 is 0 Å². The third kappa shape index (κ3) is 4.63. The highest BCUT2D eigenvalue weighted by Gasteiger charge is 2.44. The molecular formula is C25H32N2O4. The number of piperidine rings is 1. The summed E-state index contributed by atoms with van der Waals surface area (Å²) >= 11 is 0. The maximum absolute atomic E-state index is 12.8. The van der Waals surface area contributed by atoms with Crippen LogP contribution in [0.5, 0.6) is 5.75 Å². The fraction of sp³-hybridized carbons (Fsp3) is 0.520. The number of aryl methyl sites for hydroxylation is 1. The van der Waals surface area contributed by atoms with Gasteiger partial charge in [-0.05, 0) is 37.0 Å². The van der Waals surface area contributed by atoms with E-state index in [1.807, 2.05) is 36.1 Å². The molecule has 0 aliphatic carbocycles. The Morgan fingerprint density at radius 1 is 1.19 bits per heavy atom. The van der Waals surface area contributed by atoms with Crippen LogP contribution in [0.25, 0.3) is 0 Å². The number of para-hydroxylation sites is 1. The number of rotatable bonds is 5. The van der Waals surface area contributed by atoms with Crippen LogP contribution in [0.15, 0.2) is 41.0 Å². The number of carbonyl (C=O) groups excluding carboxylic acids is 2. The quantitative estimate of drug-likeness (QED) is 0.777. The number of likely N-dealkylation sites (tertiary alicyclic amines) is 1. The van der Waals surface area contributed by atoms with Crippen LogP contribution in [-0.2, 0) is 4.79 Å². The lowest BCUT2D eigenvalue weighted by atomic mass is 9.76. The standard InChI is InChI=1S/C25H32N2O4/c1-17(2)16-26-22(28)14-19-15-25(31-21-7-5-4-6-20(19)21)9-11-27(12-10-25)24(29)23-18(3)8-13-30-23/h4-8,13,17,19H,9-12,14-16H2,1-3H3,(H,26,28). The van der Waals surface area contributed by atoms with E-state index in [0.29, 0.717) is 37.7 Å². The monoisotopic (exact) mass is 424 g/mol. The highest BCUT2D eigenvalue weighted by Crippen LogP contribution is 2.46. The second-order valence-corrected chi connectivity index (χ2v) is 9.35. The SMILES string of the molecule is Cc1ccoc1C(=O)N1CCC2(CC1)CC(CC(=O)NCC(C)C)c1ccccc1O2. The van der Waals surface area contributed by atoms with Crippen molar-refractivity contribution < 1.29 is 18.7 Å². The van der Waals surface area contributed by atoms with E-state index in [1.165, 1.54) is 0 Å². The zero-order valence-corrected chi connectivity index (χ0v) is 18.6. The van der Waals surface area contributed by atoms with Crippen molar-refractivity contribution in [2.75, 3.05) is 19.6 Å². The zero-order valence-electron chi connectivity index (χ0n) is 18.6. The lowest BCUT2D eigenvalue weighted by Gasteiger charge is -2.46. The van der Waals surface area contributed by atoms with Gasteiger partial charge in [-0.1, -0.05) is 32.0 Å². The minimum Gasteiger partial charge on any atom is -0.487 e. The van der Waals surface area contributed by atoms with Gasteiger partial charge in [0.1, 0.15) is 11.4 Å². The van der Waals surface area contributed by atoms with Crippen molar-refractivity contribution in [3.05, 3.63) is 53.5 Å². The number of nitrogens with zero attached hydrogens (tertiary/aromatic N) is 1. The van der Waals surface area contributed by atoms with Crippen LogP contribution in [-0.4, -0.2) is 41.9 Å². The molecule has 6 heteroatoms. The summed E-state index contributed by atoms with van der Waals surface area (Å²) in [6, 6.07) is 9.87. The molecule has 166 valence electrons. The van der Waals surface area contributed by atoms with Gasteiger partial charge in [0.05, 0.1) is 6.26 Å². The average molecular weight is 425 g/mol. The molecule has 1 atom stereocenters. The molecule has 1 N–H and O–H groups in total. The fourth-order valence-corrected chi connectivity index (χ4v) is 4.70. The van der Waals surface area contributed by atoms with E-state index in [9.17, 15) is 9.59 Å². The Labute approximate surface area is 183 Å². The van der Waals surface area contributed by atoms with Gasteiger partial charge in [0.2, 0.25) is 5.91 Å². The van der Waals surface area contributed by atoms with Crippen molar-refractivity contribution in [3.8, 4) is 5.75 Å². The molecule has 0 radical (unpaired) electrons. The zero-order chi connectivity index (χ0) is 22.0. The van der Waals surface area contributed by atoms with Crippen molar-refractivity contribution >= 4 is 11.8 Å². The highest BCUT2D eigenvalue weighted by atomic mass is 16.5. The molecule has 1 saturated heterocycles. The molecular weight excluding hydrogens is 392 g/mol. The lowest BCUT2D eigenvalue weighted by molar-refractivity contribution is -0.122. The molecule has 3 heterocycles. The van der Waals surface area contributed by atoms with E-state index in [-0.39, 0.29) is 23.3 Å². The molecule has 31 heavy (non-hydrogen) atoms. The van der Waals surface area contributed by atoms with Crippen molar-refractivity contribution in [3.63, 3.8) is 0 Å². The van der Waals surface area contributed by atoms with Gasteiger partial charge in [-0.3, -0.25) is 9.59 Å². The second kappa shape index (κ2) is 8.77. The van der Waals surface area contributed by atoms with E-state index >= 15 is 0 Å². The Bertz CT molecular complexity index is 941. The first kappa shape index (κ1) is 21.5. The Balaban J connectivity index is 1.46. The predicted molar refractivity (Wildman–Crippen MR) is 118 cm³/mol. The van der Waals surface area contributed by atoms with Crippen molar-refractivity contribution in [1.82, 2.24) is 10.2 Å². The smallest absolute Gasteiger partial charge is 0.289 e. The van der Waals surface area contributed by atoms with Crippen LogP contribution < -0.4 is 10.1 Å². The maximum Gasteiger partial charge on any atom is 0.289 e. The second-order valence-electron chi connectivity index (χ2n) is 9.35. The first-order chi connectivity index (χ1) is 14.9.